The number of carbonyl (C=O) groups is 1. The summed E-state index contributed by atoms with van der Waals surface area (Å²) >= 11 is 5.93. The number of hydrogen-bond donors (Lipinski definition) is 1. The van der Waals surface area contributed by atoms with Crippen LogP contribution in [0.3, 0.4) is 0 Å². The number of thiocarbonyl (C=S) groups is 1. The molecule has 1 amide bonds. The first kappa shape index (κ1) is 19.1. The molecule has 0 bridgehead atoms. The Labute approximate surface area is 191 Å². The van der Waals surface area contributed by atoms with Crippen LogP contribution in [0, 0.1) is 0 Å². The smallest absolute Gasteiger partial charge is 0.256 e. The van der Waals surface area contributed by atoms with E-state index in [1.807, 2.05) is 54.6 Å². The zero-order valence-corrected chi connectivity index (χ0v) is 18.3. The summed E-state index contributed by atoms with van der Waals surface area (Å²) in [6.07, 6.45) is 0.619. The van der Waals surface area contributed by atoms with Gasteiger partial charge in [0.1, 0.15) is 11.8 Å². The summed E-state index contributed by atoms with van der Waals surface area (Å²) in [4.78, 5) is 21.1. The number of amides is 1. The maximum atomic E-state index is 13.7. The number of nitrogens with zero attached hydrogens (tertiary/aromatic N) is 2. The highest BCUT2D eigenvalue weighted by Crippen LogP contribution is 2.45. The number of anilines is 1. The van der Waals surface area contributed by atoms with E-state index in [9.17, 15) is 4.79 Å². The second kappa shape index (κ2) is 7.21. The van der Waals surface area contributed by atoms with E-state index in [0.29, 0.717) is 11.5 Å². The quantitative estimate of drug-likeness (QED) is 0.465. The fraction of sp³-hybridized carbons (Fsp3) is 0.154. The van der Waals surface area contributed by atoms with Gasteiger partial charge in [-0.25, -0.2) is 0 Å². The molecule has 1 fully saturated rings. The van der Waals surface area contributed by atoms with Gasteiger partial charge in [-0.3, -0.25) is 9.69 Å². The largest absolute Gasteiger partial charge is 0.497 e. The number of nitrogens with one attached hydrogen (secondary N) is 1. The van der Waals surface area contributed by atoms with Crippen molar-refractivity contribution in [1.29, 1.82) is 0 Å². The van der Waals surface area contributed by atoms with E-state index in [1.54, 1.807) is 12.0 Å². The second-order valence-electron chi connectivity index (χ2n) is 8.16. The molecule has 0 aliphatic carbocycles. The molecule has 3 aromatic carbocycles. The number of H-pyrrole nitrogens is 1. The predicted octanol–water partition coefficient (Wildman–Crippen LogP) is 4.82. The summed E-state index contributed by atoms with van der Waals surface area (Å²) in [6.45, 7) is 0. The number of fused-ring (bicyclic) bond motifs is 4. The lowest BCUT2D eigenvalue weighted by Gasteiger charge is -2.37. The molecule has 1 N–H and O–H groups in total. The van der Waals surface area contributed by atoms with Gasteiger partial charge in [0.2, 0.25) is 0 Å². The predicted molar refractivity (Wildman–Crippen MR) is 129 cm³/mol. The molecule has 2 aliphatic rings. The maximum absolute atomic E-state index is 13.7. The van der Waals surface area contributed by atoms with Crippen LogP contribution in [-0.4, -0.2) is 34.1 Å². The average Bonchev–Trinajstić information content (AvgIpc) is 3.33. The Kier molecular flexibility index (Phi) is 4.30. The van der Waals surface area contributed by atoms with Crippen LogP contribution in [-0.2, 0) is 11.2 Å². The highest BCUT2D eigenvalue weighted by Gasteiger charge is 2.50. The SMILES string of the molecule is COc1ccc([C@H]2c3[nH]c4ccccc4c3C[C@H]3C(=O)N(c4ccccc4)C(=S)N23)cc1. The summed E-state index contributed by atoms with van der Waals surface area (Å²) in [5, 5.41) is 1.70. The first-order chi connectivity index (χ1) is 15.7. The molecule has 158 valence electrons. The van der Waals surface area contributed by atoms with Gasteiger partial charge in [-0.1, -0.05) is 48.5 Å². The minimum atomic E-state index is -0.346. The fourth-order valence-electron chi connectivity index (χ4n) is 5.02. The molecule has 0 saturated carbocycles. The monoisotopic (exact) mass is 439 g/mol. The standard InChI is InChI=1S/C26H21N3O2S/c1-31-18-13-11-16(12-14-18)24-23-20(19-9-5-6-10-21(19)27-23)15-22-25(30)28(26(32)29(22)24)17-7-3-2-4-8-17/h2-14,22,24,27H,15H2,1H3/t22-,24-/m0/s1. The zero-order chi connectivity index (χ0) is 21.8. The Balaban J connectivity index is 1.54. The van der Waals surface area contributed by atoms with E-state index in [1.165, 1.54) is 5.56 Å². The number of para-hydroxylation sites is 2. The van der Waals surface area contributed by atoms with Crippen molar-refractivity contribution in [1.82, 2.24) is 9.88 Å². The van der Waals surface area contributed by atoms with Gasteiger partial charge in [-0.05, 0) is 53.7 Å². The van der Waals surface area contributed by atoms with Crippen molar-refractivity contribution < 1.29 is 9.53 Å². The normalized spacial score (nSPS) is 19.9. The number of methoxy groups -OCH3 is 1. The molecule has 6 heteroatoms. The van der Waals surface area contributed by atoms with Gasteiger partial charge in [0, 0.05) is 23.0 Å². The molecule has 6 rings (SSSR count). The highest BCUT2D eigenvalue weighted by molar-refractivity contribution is 7.80. The molecule has 3 heterocycles. The van der Waals surface area contributed by atoms with E-state index < -0.39 is 0 Å². The Morgan fingerprint density at radius 1 is 0.969 bits per heavy atom. The van der Waals surface area contributed by atoms with Gasteiger partial charge in [-0.15, -0.1) is 0 Å². The fourth-order valence-corrected chi connectivity index (χ4v) is 5.45. The lowest BCUT2D eigenvalue weighted by molar-refractivity contribution is -0.120. The third-order valence-corrected chi connectivity index (χ3v) is 6.89. The maximum Gasteiger partial charge on any atom is 0.256 e. The molecule has 2 atom stereocenters. The number of rotatable bonds is 3. The van der Waals surface area contributed by atoms with Crippen LogP contribution in [0.2, 0.25) is 0 Å². The van der Waals surface area contributed by atoms with Crippen LogP contribution >= 0.6 is 12.2 Å². The summed E-state index contributed by atoms with van der Waals surface area (Å²) in [5.74, 6) is 0.819. The topological polar surface area (TPSA) is 48.6 Å². The van der Waals surface area contributed by atoms with Crippen LogP contribution in [0.5, 0.6) is 5.75 Å². The molecule has 0 spiro atoms. The van der Waals surface area contributed by atoms with E-state index >= 15 is 0 Å². The molecule has 0 unspecified atom stereocenters. The number of aromatic amines is 1. The van der Waals surface area contributed by atoms with Crippen LogP contribution in [0.25, 0.3) is 10.9 Å². The first-order valence-electron chi connectivity index (χ1n) is 10.6. The van der Waals surface area contributed by atoms with Gasteiger partial charge in [0.15, 0.2) is 5.11 Å². The third-order valence-electron chi connectivity index (χ3n) is 6.50. The van der Waals surface area contributed by atoms with Crippen LogP contribution in [0.1, 0.15) is 22.9 Å². The number of carbonyl (C=O) groups excluding carboxylic acids is 1. The van der Waals surface area contributed by atoms with Gasteiger partial charge in [-0.2, -0.15) is 0 Å². The van der Waals surface area contributed by atoms with Crippen molar-refractivity contribution in [3.63, 3.8) is 0 Å². The Morgan fingerprint density at radius 3 is 2.44 bits per heavy atom. The third kappa shape index (κ3) is 2.69. The average molecular weight is 440 g/mol. The second-order valence-corrected chi connectivity index (χ2v) is 8.52. The van der Waals surface area contributed by atoms with Gasteiger partial charge in [0.25, 0.3) is 5.91 Å². The van der Waals surface area contributed by atoms with Gasteiger partial charge < -0.3 is 14.6 Å². The summed E-state index contributed by atoms with van der Waals surface area (Å²) in [6, 6.07) is 25.4. The van der Waals surface area contributed by atoms with E-state index in [4.69, 9.17) is 17.0 Å². The molecule has 0 radical (unpaired) electrons. The number of aromatic nitrogens is 1. The lowest BCUT2D eigenvalue weighted by Crippen LogP contribution is -2.44. The Bertz CT molecular complexity index is 1350. The first-order valence-corrected chi connectivity index (χ1v) is 11.0. The Morgan fingerprint density at radius 2 is 1.69 bits per heavy atom. The highest BCUT2D eigenvalue weighted by atomic mass is 32.1. The molecular weight excluding hydrogens is 418 g/mol. The minimum Gasteiger partial charge on any atom is -0.497 e. The van der Waals surface area contributed by atoms with Crippen molar-refractivity contribution in [2.24, 2.45) is 0 Å². The minimum absolute atomic E-state index is 0.0237. The number of ether oxygens (including phenoxy) is 1. The van der Waals surface area contributed by atoms with Crippen LogP contribution in [0.15, 0.2) is 78.9 Å². The number of hydrogen-bond acceptors (Lipinski definition) is 3. The lowest BCUT2D eigenvalue weighted by atomic mass is 9.89. The summed E-state index contributed by atoms with van der Waals surface area (Å²) < 4.78 is 5.36. The van der Waals surface area contributed by atoms with Crippen molar-refractivity contribution in [3.8, 4) is 5.75 Å². The molecule has 5 nitrogen and oxygen atoms in total. The van der Waals surface area contributed by atoms with Crippen molar-refractivity contribution >= 4 is 39.8 Å². The van der Waals surface area contributed by atoms with E-state index in [2.05, 4.69) is 34.1 Å². The van der Waals surface area contributed by atoms with Crippen molar-refractivity contribution in [2.75, 3.05) is 12.0 Å². The van der Waals surface area contributed by atoms with Crippen molar-refractivity contribution in [3.05, 3.63) is 95.7 Å². The van der Waals surface area contributed by atoms with E-state index in [-0.39, 0.29) is 18.0 Å². The summed E-state index contributed by atoms with van der Waals surface area (Å²) in [7, 11) is 1.66. The number of benzene rings is 3. The molecule has 1 aromatic heterocycles. The van der Waals surface area contributed by atoms with Crippen molar-refractivity contribution in [2.45, 2.75) is 18.5 Å². The molecular formula is C26H21N3O2S. The van der Waals surface area contributed by atoms with Gasteiger partial charge in [0.05, 0.1) is 18.8 Å². The molecule has 4 aromatic rings. The van der Waals surface area contributed by atoms with Crippen LogP contribution in [0.4, 0.5) is 5.69 Å². The summed E-state index contributed by atoms with van der Waals surface area (Å²) in [5.41, 5.74) is 5.23. The van der Waals surface area contributed by atoms with Crippen LogP contribution < -0.4 is 9.64 Å². The molecule has 1 saturated heterocycles. The zero-order valence-electron chi connectivity index (χ0n) is 17.5. The van der Waals surface area contributed by atoms with Gasteiger partial charge >= 0.3 is 0 Å². The van der Waals surface area contributed by atoms with E-state index in [0.717, 1.165) is 33.6 Å². The molecule has 32 heavy (non-hydrogen) atoms. The Hall–Kier alpha value is -3.64. The molecule has 2 aliphatic heterocycles.